The molecule has 2 aromatic rings. The standard InChI is InChI=1S/C13H12N4O/c1-9-5-12(13(15)18)16-17(9)8-11-4-2-3-10(6-11)7-14/h2-6H,8H2,1H3,(H2,15,18). The van der Waals surface area contributed by atoms with Gasteiger partial charge in [-0.05, 0) is 30.7 Å². The molecule has 0 bridgehead atoms. The number of nitrogens with zero attached hydrogens (tertiary/aromatic N) is 3. The Morgan fingerprint density at radius 3 is 2.89 bits per heavy atom. The Kier molecular flexibility index (Phi) is 3.11. The highest BCUT2D eigenvalue weighted by Gasteiger charge is 2.09. The lowest BCUT2D eigenvalue weighted by molar-refractivity contribution is 0.0995. The van der Waals surface area contributed by atoms with Crippen LogP contribution in [0, 0.1) is 18.3 Å². The molecule has 18 heavy (non-hydrogen) atoms. The molecule has 2 N–H and O–H groups in total. The van der Waals surface area contributed by atoms with Crippen molar-refractivity contribution in [2.45, 2.75) is 13.5 Å². The highest BCUT2D eigenvalue weighted by Crippen LogP contribution is 2.09. The summed E-state index contributed by atoms with van der Waals surface area (Å²) in [5.74, 6) is -0.539. The molecule has 1 heterocycles. The smallest absolute Gasteiger partial charge is 0.269 e. The van der Waals surface area contributed by atoms with E-state index in [0.717, 1.165) is 11.3 Å². The topological polar surface area (TPSA) is 84.7 Å². The molecule has 0 atom stereocenters. The van der Waals surface area contributed by atoms with Crippen LogP contribution in [-0.4, -0.2) is 15.7 Å². The summed E-state index contributed by atoms with van der Waals surface area (Å²) >= 11 is 0. The molecule has 5 heteroatoms. The van der Waals surface area contributed by atoms with Gasteiger partial charge in [0.25, 0.3) is 5.91 Å². The zero-order valence-corrected chi connectivity index (χ0v) is 9.92. The van der Waals surface area contributed by atoms with Crippen LogP contribution in [0.15, 0.2) is 30.3 Å². The van der Waals surface area contributed by atoms with Gasteiger partial charge in [0.1, 0.15) is 5.69 Å². The molecule has 5 nitrogen and oxygen atoms in total. The van der Waals surface area contributed by atoms with E-state index < -0.39 is 5.91 Å². The molecule has 0 aliphatic carbocycles. The van der Waals surface area contributed by atoms with Crippen LogP contribution in [0.4, 0.5) is 0 Å². The Morgan fingerprint density at radius 1 is 1.50 bits per heavy atom. The highest BCUT2D eigenvalue weighted by molar-refractivity contribution is 5.90. The molecular formula is C13H12N4O. The minimum atomic E-state index is -0.539. The monoisotopic (exact) mass is 240 g/mol. The number of rotatable bonds is 3. The second-order valence-corrected chi connectivity index (χ2v) is 4.01. The third kappa shape index (κ3) is 2.38. The van der Waals surface area contributed by atoms with E-state index in [1.54, 1.807) is 22.9 Å². The lowest BCUT2D eigenvalue weighted by Crippen LogP contribution is -2.13. The van der Waals surface area contributed by atoms with Crippen molar-refractivity contribution in [2.75, 3.05) is 0 Å². The maximum atomic E-state index is 11.0. The maximum absolute atomic E-state index is 11.0. The van der Waals surface area contributed by atoms with Gasteiger partial charge in [-0.2, -0.15) is 10.4 Å². The summed E-state index contributed by atoms with van der Waals surface area (Å²) in [6, 6.07) is 11.0. The molecule has 0 spiro atoms. The molecule has 1 aromatic heterocycles. The first kappa shape index (κ1) is 11.9. The zero-order chi connectivity index (χ0) is 13.1. The number of nitriles is 1. The Morgan fingerprint density at radius 2 is 2.28 bits per heavy atom. The number of carbonyl (C=O) groups is 1. The van der Waals surface area contributed by atoms with E-state index >= 15 is 0 Å². The van der Waals surface area contributed by atoms with Crippen LogP contribution in [0.1, 0.15) is 27.3 Å². The molecule has 0 radical (unpaired) electrons. The molecule has 0 aliphatic heterocycles. The van der Waals surface area contributed by atoms with Crippen LogP contribution in [0.2, 0.25) is 0 Å². The molecule has 90 valence electrons. The molecular weight excluding hydrogens is 228 g/mol. The number of primary amides is 1. The van der Waals surface area contributed by atoms with Gasteiger partial charge in [0.05, 0.1) is 18.2 Å². The van der Waals surface area contributed by atoms with E-state index in [4.69, 9.17) is 11.0 Å². The molecule has 0 unspecified atom stereocenters. The van der Waals surface area contributed by atoms with Gasteiger partial charge < -0.3 is 5.73 Å². The first-order valence-corrected chi connectivity index (χ1v) is 5.43. The minimum Gasteiger partial charge on any atom is -0.364 e. The number of aromatic nitrogens is 2. The first-order valence-electron chi connectivity index (χ1n) is 5.43. The zero-order valence-electron chi connectivity index (χ0n) is 9.92. The van der Waals surface area contributed by atoms with Crippen molar-refractivity contribution in [3.8, 4) is 6.07 Å². The van der Waals surface area contributed by atoms with E-state index in [-0.39, 0.29) is 5.69 Å². The van der Waals surface area contributed by atoms with Crippen molar-refractivity contribution in [3.05, 3.63) is 52.8 Å². The second kappa shape index (κ2) is 4.72. The Bertz CT molecular complexity index is 637. The average molecular weight is 240 g/mol. The van der Waals surface area contributed by atoms with Crippen molar-refractivity contribution in [3.63, 3.8) is 0 Å². The van der Waals surface area contributed by atoms with Crippen molar-refractivity contribution >= 4 is 5.91 Å². The SMILES string of the molecule is Cc1cc(C(N)=O)nn1Cc1cccc(C#N)c1. The highest BCUT2D eigenvalue weighted by atomic mass is 16.1. The summed E-state index contributed by atoms with van der Waals surface area (Å²) in [5.41, 5.74) is 7.84. The van der Waals surface area contributed by atoms with E-state index in [9.17, 15) is 4.79 Å². The number of nitrogens with two attached hydrogens (primary N) is 1. The predicted octanol–water partition coefficient (Wildman–Crippen LogP) is 1.21. The molecule has 2 rings (SSSR count). The number of benzene rings is 1. The quantitative estimate of drug-likeness (QED) is 0.875. The van der Waals surface area contributed by atoms with Crippen LogP contribution in [-0.2, 0) is 6.54 Å². The molecule has 0 saturated carbocycles. The number of hydrogen-bond donors (Lipinski definition) is 1. The van der Waals surface area contributed by atoms with Crippen LogP contribution in [0.25, 0.3) is 0 Å². The largest absolute Gasteiger partial charge is 0.364 e. The lowest BCUT2D eigenvalue weighted by atomic mass is 10.1. The van der Waals surface area contributed by atoms with E-state index in [2.05, 4.69) is 11.2 Å². The number of amides is 1. The summed E-state index contributed by atoms with van der Waals surface area (Å²) in [6.07, 6.45) is 0. The fourth-order valence-electron chi connectivity index (χ4n) is 1.70. The molecule has 0 saturated heterocycles. The van der Waals surface area contributed by atoms with Crippen LogP contribution < -0.4 is 5.73 Å². The molecule has 1 amide bonds. The van der Waals surface area contributed by atoms with Gasteiger partial charge in [-0.25, -0.2) is 0 Å². The number of hydrogen-bond acceptors (Lipinski definition) is 3. The Hall–Kier alpha value is -2.61. The minimum absolute atomic E-state index is 0.254. The van der Waals surface area contributed by atoms with Crippen LogP contribution in [0.3, 0.4) is 0 Å². The van der Waals surface area contributed by atoms with E-state index in [1.807, 2.05) is 19.1 Å². The number of carbonyl (C=O) groups excluding carboxylic acids is 1. The third-order valence-corrected chi connectivity index (χ3v) is 2.62. The van der Waals surface area contributed by atoms with Gasteiger partial charge in [0.2, 0.25) is 0 Å². The Balaban J connectivity index is 2.28. The third-order valence-electron chi connectivity index (χ3n) is 2.62. The molecule has 1 aromatic carbocycles. The molecule has 0 fully saturated rings. The average Bonchev–Trinajstić information content (AvgIpc) is 2.71. The predicted molar refractivity (Wildman–Crippen MR) is 65.7 cm³/mol. The number of aryl methyl sites for hydroxylation is 1. The fraction of sp³-hybridized carbons (Fsp3) is 0.154. The van der Waals surface area contributed by atoms with Gasteiger partial charge in [0.15, 0.2) is 0 Å². The summed E-state index contributed by atoms with van der Waals surface area (Å²) in [4.78, 5) is 11.0. The van der Waals surface area contributed by atoms with Crippen molar-refractivity contribution in [1.29, 1.82) is 5.26 Å². The van der Waals surface area contributed by atoms with E-state index in [0.29, 0.717) is 12.1 Å². The van der Waals surface area contributed by atoms with Crippen molar-refractivity contribution < 1.29 is 4.79 Å². The summed E-state index contributed by atoms with van der Waals surface area (Å²) in [7, 11) is 0. The fourth-order valence-corrected chi connectivity index (χ4v) is 1.70. The van der Waals surface area contributed by atoms with E-state index in [1.165, 1.54) is 0 Å². The summed E-state index contributed by atoms with van der Waals surface area (Å²) in [5, 5.41) is 12.9. The second-order valence-electron chi connectivity index (χ2n) is 4.01. The van der Waals surface area contributed by atoms with Gasteiger partial charge in [0, 0.05) is 5.69 Å². The van der Waals surface area contributed by atoms with Gasteiger partial charge in [-0.1, -0.05) is 12.1 Å². The van der Waals surface area contributed by atoms with Gasteiger partial charge in [-0.15, -0.1) is 0 Å². The normalized spacial score (nSPS) is 10.0. The summed E-state index contributed by atoms with van der Waals surface area (Å²) < 4.78 is 1.69. The van der Waals surface area contributed by atoms with Crippen molar-refractivity contribution in [2.24, 2.45) is 5.73 Å². The van der Waals surface area contributed by atoms with Gasteiger partial charge in [-0.3, -0.25) is 9.48 Å². The summed E-state index contributed by atoms with van der Waals surface area (Å²) in [6.45, 7) is 2.36. The Labute approximate surface area is 104 Å². The maximum Gasteiger partial charge on any atom is 0.269 e. The lowest BCUT2D eigenvalue weighted by Gasteiger charge is -2.04. The van der Waals surface area contributed by atoms with Crippen molar-refractivity contribution in [1.82, 2.24) is 9.78 Å². The van der Waals surface area contributed by atoms with Gasteiger partial charge >= 0.3 is 0 Å². The van der Waals surface area contributed by atoms with Crippen LogP contribution in [0.5, 0.6) is 0 Å². The molecule has 0 aliphatic rings. The van der Waals surface area contributed by atoms with Crippen LogP contribution >= 0.6 is 0 Å². The first-order chi connectivity index (χ1) is 8.60.